The number of carbonyl (C=O) groups excluding carboxylic acids is 2. The molecule has 0 aromatic rings. The Kier molecular flexibility index (Phi) is 3.45. The van der Waals surface area contributed by atoms with Gasteiger partial charge in [0.2, 0.25) is 0 Å². The van der Waals surface area contributed by atoms with Crippen LogP contribution < -0.4 is 0 Å². The van der Waals surface area contributed by atoms with E-state index in [1.807, 2.05) is 0 Å². The first-order valence-electron chi connectivity index (χ1n) is 4.12. The van der Waals surface area contributed by atoms with Gasteiger partial charge in [0.15, 0.2) is 0 Å². The lowest BCUT2D eigenvalue weighted by atomic mass is 10.1. The summed E-state index contributed by atoms with van der Waals surface area (Å²) in [5.74, 6) is 0.411. The van der Waals surface area contributed by atoms with Gasteiger partial charge < -0.3 is 0 Å². The van der Waals surface area contributed by atoms with Gasteiger partial charge in [0.05, 0.1) is 0 Å². The molecule has 0 unspecified atom stereocenters. The monoisotopic (exact) mass is 164 g/mol. The van der Waals surface area contributed by atoms with Crippen molar-refractivity contribution in [3.05, 3.63) is 24.3 Å². The third kappa shape index (κ3) is 3.28. The molecule has 0 aromatic carbocycles. The Morgan fingerprint density at radius 2 is 0.917 bits per heavy atom. The lowest BCUT2D eigenvalue weighted by Crippen LogP contribution is -1.97. The minimum absolute atomic E-state index is 0.205. The van der Waals surface area contributed by atoms with Gasteiger partial charge >= 0.3 is 0 Å². The molecule has 0 radical (unpaired) electrons. The van der Waals surface area contributed by atoms with Gasteiger partial charge in [-0.1, -0.05) is 24.3 Å². The van der Waals surface area contributed by atoms with Gasteiger partial charge in [0.1, 0.15) is 11.6 Å². The van der Waals surface area contributed by atoms with Crippen molar-refractivity contribution in [1.29, 1.82) is 0 Å². The fourth-order valence-electron chi connectivity index (χ4n) is 1.03. The van der Waals surface area contributed by atoms with Gasteiger partial charge in [-0.05, 0) is 0 Å². The van der Waals surface area contributed by atoms with Crippen LogP contribution in [0.25, 0.3) is 0 Å². The summed E-state index contributed by atoms with van der Waals surface area (Å²) >= 11 is 0. The summed E-state index contributed by atoms with van der Waals surface area (Å²) in [5.41, 5.74) is 0. The van der Waals surface area contributed by atoms with Crippen LogP contribution in [-0.2, 0) is 9.59 Å². The highest BCUT2D eigenvalue weighted by Gasteiger charge is 2.00. The van der Waals surface area contributed by atoms with Gasteiger partial charge in [-0.25, -0.2) is 0 Å². The average Bonchev–Trinajstić information content (AvgIpc) is 2.06. The topological polar surface area (TPSA) is 34.1 Å². The lowest BCUT2D eigenvalue weighted by Gasteiger charge is -1.95. The molecule has 0 atom stereocenters. The molecular formula is C10H12O2. The van der Waals surface area contributed by atoms with E-state index in [-0.39, 0.29) is 11.6 Å². The van der Waals surface area contributed by atoms with E-state index in [1.165, 1.54) is 0 Å². The maximum Gasteiger partial charge on any atom is 0.140 e. The highest BCUT2D eigenvalue weighted by atomic mass is 16.1. The highest BCUT2D eigenvalue weighted by Crippen LogP contribution is 2.01. The van der Waals surface area contributed by atoms with Crippen molar-refractivity contribution in [2.24, 2.45) is 0 Å². The van der Waals surface area contributed by atoms with E-state index < -0.39 is 0 Å². The molecule has 0 aliphatic heterocycles. The van der Waals surface area contributed by atoms with Crippen LogP contribution in [0.3, 0.4) is 0 Å². The lowest BCUT2D eigenvalue weighted by molar-refractivity contribution is -0.118. The minimum Gasteiger partial charge on any atom is -0.299 e. The third-order valence-corrected chi connectivity index (χ3v) is 1.72. The second-order valence-corrected chi connectivity index (χ2v) is 2.84. The van der Waals surface area contributed by atoms with Crippen molar-refractivity contribution < 1.29 is 9.59 Å². The standard InChI is InChI=1S/C10H12O2/c11-9-5-1-2-6-10(12)8-4-3-7-9/h1-4H,5-8H2/b2-1-,4-3+. The number of ketones is 2. The van der Waals surface area contributed by atoms with E-state index in [9.17, 15) is 9.59 Å². The largest absolute Gasteiger partial charge is 0.299 e. The fraction of sp³-hybridized carbons (Fsp3) is 0.400. The number of allylic oxidation sites excluding steroid dienone is 4. The normalized spacial score (nSPS) is 25.0. The van der Waals surface area contributed by atoms with E-state index in [4.69, 9.17) is 0 Å². The zero-order chi connectivity index (χ0) is 8.81. The zero-order valence-electron chi connectivity index (χ0n) is 6.95. The van der Waals surface area contributed by atoms with Crippen LogP contribution in [0.2, 0.25) is 0 Å². The number of carbonyl (C=O) groups is 2. The summed E-state index contributed by atoms with van der Waals surface area (Å²) in [6.45, 7) is 0. The Morgan fingerprint density at radius 1 is 0.667 bits per heavy atom. The summed E-state index contributed by atoms with van der Waals surface area (Å²) in [5, 5.41) is 0. The Labute approximate surface area is 72.0 Å². The van der Waals surface area contributed by atoms with Crippen LogP contribution in [0.5, 0.6) is 0 Å². The molecule has 0 saturated heterocycles. The van der Waals surface area contributed by atoms with E-state index in [2.05, 4.69) is 0 Å². The molecular weight excluding hydrogens is 152 g/mol. The molecule has 2 nitrogen and oxygen atoms in total. The van der Waals surface area contributed by atoms with Crippen molar-refractivity contribution in [3.8, 4) is 0 Å². The second-order valence-electron chi connectivity index (χ2n) is 2.84. The molecule has 0 bridgehead atoms. The molecule has 0 aromatic heterocycles. The smallest absolute Gasteiger partial charge is 0.140 e. The SMILES string of the molecule is O=C1C/C=C\CC(=O)C/C=C/C1. The zero-order valence-corrected chi connectivity index (χ0v) is 6.95. The first kappa shape index (κ1) is 8.91. The fourth-order valence-corrected chi connectivity index (χ4v) is 1.03. The van der Waals surface area contributed by atoms with Crippen molar-refractivity contribution in [2.45, 2.75) is 25.7 Å². The molecule has 0 heterocycles. The van der Waals surface area contributed by atoms with Crippen LogP contribution in [0.4, 0.5) is 0 Å². The molecule has 0 saturated carbocycles. The Hall–Kier alpha value is -1.18. The first-order valence-corrected chi connectivity index (χ1v) is 4.12. The van der Waals surface area contributed by atoms with E-state index in [0.717, 1.165) is 0 Å². The van der Waals surface area contributed by atoms with Gasteiger partial charge in [-0.2, -0.15) is 0 Å². The van der Waals surface area contributed by atoms with Gasteiger partial charge in [-0.3, -0.25) is 9.59 Å². The van der Waals surface area contributed by atoms with Crippen molar-refractivity contribution in [2.75, 3.05) is 0 Å². The Balaban J connectivity index is 2.54. The van der Waals surface area contributed by atoms with Crippen molar-refractivity contribution in [3.63, 3.8) is 0 Å². The van der Waals surface area contributed by atoms with Crippen LogP contribution in [0.15, 0.2) is 24.3 Å². The quantitative estimate of drug-likeness (QED) is 0.512. The summed E-state index contributed by atoms with van der Waals surface area (Å²) in [6, 6.07) is 0. The number of hydrogen-bond donors (Lipinski definition) is 0. The van der Waals surface area contributed by atoms with Crippen LogP contribution in [0.1, 0.15) is 25.7 Å². The molecule has 1 aliphatic carbocycles. The molecule has 1 rings (SSSR count). The molecule has 0 fully saturated rings. The summed E-state index contributed by atoms with van der Waals surface area (Å²) < 4.78 is 0. The highest BCUT2D eigenvalue weighted by molar-refractivity contribution is 5.84. The molecule has 0 amide bonds. The molecule has 1 aliphatic rings. The third-order valence-electron chi connectivity index (χ3n) is 1.72. The Bertz CT molecular complexity index is 190. The van der Waals surface area contributed by atoms with Crippen molar-refractivity contribution >= 4 is 11.6 Å². The summed E-state index contributed by atoms with van der Waals surface area (Å²) in [6.07, 6.45) is 8.93. The maximum absolute atomic E-state index is 11.0. The van der Waals surface area contributed by atoms with E-state index in [0.29, 0.717) is 25.7 Å². The first-order chi connectivity index (χ1) is 5.79. The predicted molar refractivity (Wildman–Crippen MR) is 46.8 cm³/mol. The van der Waals surface area contributed by atoms with Gasteiger partial charge in [0.25, 0.3) is 0 Å². The minimum atomic E-state index is 0.205. The average molecular weight is 164 g/mol. The van der Waals surface area contributed by atoms with E-state index in [1.54, 1.807) is 24.3 Å². The van der Waals surface area contributed by atoms with Crippen molar-refractivity contribution in [1.82, 2.24) is 0 Å². The van der Waals surface area contributed by atoms with E-state index >= 15 is 0 Å². The molecule has 64 valence electrons. The second kappa shape index (κ2) is 4.65. The summed E-state index contributed by atoms with van der Waals surface area (Å²) in [7, 11) is 0. The predicted octanol–water partition coefficient (Wildman–Crippen LogP) is 1.81. The molecule has 2 heteroatoms. The van der Waals surface area contributed by atoms with Gasteiger partial charge in [0, 0.05) is 25.7 Å². The number of rotatable bonds is 0. The molecule has 0 N–H and O–H groups in total. The van der Waals surface area contributed by atoms with Crippen LogP contribution in [0, 0.1) is 0 Å². The number of hydrogen-bond acceptors (Lipinski definition) is 2. The maximum atomic E-state index is 11.0. The van der Waals surface area contributed by atoms with Gasteiger partial charge in [-0.15, -0.1) is 0 Å². The number of Topliss-reactive ketones (excluding diaryl/α,β-unsaturated/α-hetero) is 2. The summed E-state index contributed by atoms with van der Waals surface area (Å²) in [4.78, 5) is 22.0. The van der Waals surface area contributed by atoms with Crippen LogP contribution >= 0.6 is 0 Å². The molecule has 0 spiro atoms. The van der Waals surface area contributed by atoms with Crippen LogP contribution in [-0.4, -0.2) is 11.6 Å². The molecule has 12 heavy (non-hydrogen) atoms. The Morgan fingerprint density at radius 3 is 1.17 bits per heavy atom.